The van der Waals surface area contributed by atoms with Gasteiger partial charge in [-0.2, -0.15) is 0 Å². The molecule has 1 atom stereocenters. The Bertz CT molecular complexity index is 364. The Morgan fingerprint density at radius 2 is 2.00 bits per heavy atom. The number of carbonyl (C=O) groups excluding carboxylic acids is 1. The van der Waals surface area contributed by atoms with Crippen molar-refractivity contribution in [1.29, 1.82) is 0 Å². The summed E-state index contributed by atoms with van der Waals surface area (Å²) in [6.45, 7) is 2.87. The Hall–Kier alpha value is -1.26. The van der Waals surface area contributed by atoms with Gasteiger partial charge in [0.1, 0.15) is 5.82 Å². The van der Waals surface area contributed by atoms with E-state index in [0.717, 1.165) is 0 Å². The molecule has 94 valence electrons. The molecule has 0 aliphatic carbocycles. The largest absolute Gasteiger partial charge is 0.383 e. The molecule has 0 bridgehead atoms. The minimum atomic E-state index is -0.331. The lowest BCUT2D eigenvalue weighted by Crippen LogP contribution is -2.36. The van der Waals surface area contributed by atoms with Crippen LogP contribution in [0.2, 0.25) is 0 Å². The summed E-state index contributed by atoms with van der Waals surface area (Å²) in [6.07, 6.45) is 0. The summed E-state index contributed by atoms with van der Waals surface area (Å²) in [7, 11) is 3.50. The predicted molar refractivity (Wildman–Crippen MR) is 64.7 cm³/mol. The molecule has 0 amide bonds. The second-order valence-electron chi connectivity index (χ2n) is 4.15. The van der Waals surface area contributed by atoms with Gasteiger partial charge in [-0.1, -0.05) is 0 Å². The molecule has 1 unspecified atom stereocenters. The number of methoxy groups -OCH3 is 1. The Kier molecular flexibility index (Phi) is 5.25. The molecule has 4 heteroatoms. The number of hydrogen-bond donors (Lipinski definition) is 0. The highest BCUT2D eigenvalue weighted by Gasteiger charge is 2.14. The molecule has 0 aromatic heterocycles. The van der Waals surface area contributed by atoms with Crippen molar-refractivity contribution in [1.82, 2.24) is 4.90 Å². The summed E-state index contributed by atoms with van der Waals surface area (Å²) in [5, 5.41) is 0. The van der Waals surface area contributed by atoms with Gasteiger partial charge in [-0.05, 0) is 38.2 Å². The van der Waals surface area contributed by atoms with E-state index in [1.807, 2.05) is 18.9 Å². The summed E-state index contributed by atoms with van der Waals surface area (Å²) >= 11 is 0. The van der Waals surface area contributed by atoms with Gasteiger partial charge in [0.25, 0.3) is 0 Å². The second-order valence-corrected chi connectivity index (χ2v) is 4.15. The van der Waals surface area contributed by atoms with E-state index in [4.69, 9.17) is 4.74 Å². The molecule has 0 saturated carbocycles. The Morgan fingerprint density at radius 1 is 1.41 bits per heavy atom. The van der Waals surface area contributed by atoms with Crippen molar-refractivity contribution in [3.8, 4) is 0 Å². The van der Waals surface area contributed by atoms with Crippen LogP contribution in [0.4, 0.5) is 4.39 Å². The molecule has 17 heavy (non-hydrogen) atoms. The van der Waals surface area contributed by atoms with E-state index in [9.17, 15) is 9.18 Å². The highest BCUT2D eigenvalue weighted by atomic mass is 19.1. The molecule has 0 aliphatic heterocycles. The van der Waals surface area contributed by atoms with Crippen LogP contribution in [-0.4, -0.2) is 44.0 Å². The van der Waals surface area contributed by atoms with Crippen molar-refractivity contribution in [3.63, 3.8) is 0 Å². The van der Waals surface area contributed by atoms with Crippen LogP contribution in [0.25, 0.3) is 0 Å². The monoisotopic (exact) mass is 239 g/mol. The second kappa shape index (κ2) is 6.47. The number of nitrogens with zero attached hydrogens (tertiary/aromatic N) is 1. The zero-order chi connectivity index (χ0) is 12.8. The first kappa shape index (κ1) is 13.8. The first-order chi connectivity index (χ1) is 8.04. The minimum Gasteiger partial charge on any atom is -0.383 e. The van der Waals surface area contributed by atoms with Gasteiger partial charge in [0, 0.05) is 18.7 Å². The highest BCUT2D eigenvalue weighted by molar-refractivity contribution is 5.97. The maximum Gasteiger partial charge on any atom is 0.176 e. The van der Waals surface area contributed by atoms with Gasteiger partial charge in [0.2, 0.25) is 0 Å². The van der Waals surface area contributed by atoms with Crippen molar-refractivity contribution >= 4 is 5.78 Å². The molecule has 1 rings (SSSR count). The Morgan fingerprint density at radius 3 is 2.53 bits per heavy atom. The molecule has 3 nitrogen and oxygen atoms in total. The molecule has 1 aromatic rings. The number of ketones is 1. The van der Waals surface area contributed by atoms with Crippen LogP contribution >= 0.6 is 0 Å². The van der Waals surface area contributed by atoms with Crippen molar-refractivity contribution in [3.05, 3.63) is 35.6 Å². The summed E-state index contributed by atoms with van der Waals surface area (Å²) in [5.74, 6) is -0.349. The van der Waals surface area contributed by atoms with Crippen LogP contribution in [0.5, 0.6) is 0 Å². The number of likely N-dealkylation sites (N-methyl/N-ethyl adjacent to an activating group) is 1. The van der Waals surface area contributed by atoms with Crippen molar-refractivity contribution in [2.24, 2.45) is 0 Å². The number of carbonyl (C=O) groups is 1. The van der Waals surface area contributed by atoms with Crippen molar-refractivity contribution in [2.75, 3.05) is 27.3 Å². The molecule has 0 radical (unpaired) electrons. The molecule has 0 saturated heterocycles. The van der Waals surface area contributed by atoms with E-state index in [0.29, 0.717) is 18.7 Å². The number of hydrogen-bond acceptors (Lipinski definition) is 3. The zero-order valence-corrected chi connectivity index (χ0v) is 10.4. The lowest BCUT2D eigenvalue weighted by Gasteiger charge is -2.23. The van der Waals surface area contributed by atoms with Crippen LogP contribution in [0.3, 0.4) is 0 Å². The van der Waals surface area contributed by atoms with Crippen LogP contribution in [0, 0.1) is 5.82 Å². The molecule has 0 heterocycles. The average Bonchev–Trinajstić information content (AvgIpc) is 2.30. The number of benzene rings is 1. The smallest absolute Gasteiger partial charge is 0.176 e. The van der Waals surface area contributed by atoms with Gasteiger partial charge in [-0.25, -0.2) is 4.39 Å². The maximum atomic E-state index is 12.7. The summed E-state index contributed by atoms with van der Waals surface area (Å²) in [4.78, 5) is 13.8. The first-order valence-corrected chi connectivity index (χ1v) is 5.52. The van der Waals surface area contributed by atoms with Gasteiger partial charge in [-0.3, -0.25) is 9.69 Å². The fourth-order valence-electron chi connectivity index (χ4n) is 1.48. The third-order valence-corrected chi connectivity index (χ3v) is 2.72. The molecule has 0 N–H and O–H groups in total. The van der Waals surface area contributed by atoms with Crippen molar-refractivity contribution in [2.45, 2.75) is 13.0 Å². The third kappa shape index (κ3) is 4.24. The molecule has 0 aliphatic rings. The quantitative estimate of drug-likeness (QED) is 0.711. The fraction of sp³-hybridized carbons (Fsp3) is 0.462. The highest BCUT2D eigenvalue weighted by Crippen LogP contribution is 2.05. The van der Waals surface area contributed by atoms with Gasteiger partial charge < -0.3 is 4.74 Å². The van der Waals surface area contributed by atoms with E-state index >= 15 is 0 Å². The topological polar surface area (TPSA) is 29.5 Å². The van der Waals surface area contributed by atoms with Gasteiger partial charge in [-0.15, -0.1) is 0 Å². The van der Waals surface area contributed by atoms with Crippen LogP contribution in [0.1, 0.15) is 17.3 Å². The average molecular weight is 239 g/mol. The summed E-state index contributed by atoms with van der Waals surface area (Å²) in [5.41, 5.74) is 0.530. The third-order valence-electron chi connectivity index (χ3n) is 2.72. The normalized spacial score (nSPS) is 12.8. The van der Waals surface area contributed by atoms with E-state index < -0.39 is 0 Å². The molecular formula is C13H18FNO2. The first-order valence-electron chi connectivity index (χ1n) is 5.52. The summed E-state index contributed by atoms with van der Waals surface area (Å²) < 4.78 is 17.7. The van der Waals surface area contributed by atoms with Crippen LogP contribution < -0.4 is 0 Å². The minimum absolute atomic E-state index is 0.0181. The lowest BCUT2D eigenvalue weighted by molar-refractivity contribution is 0.0841. The van der Waals surface area contributed by atoms with Crippen LogP contribution in [0.15, 0.2) is 24.3 Å². The van der Waals surface area contributed by atoms with Crippen molar-refractivity contribution < 1.29 is 13.9 Å². The Balaban J connectivity index is 2.57. The fourth-order valence-corrected chi connectivity index (χ4v) is 1.48. The number of halogens is 1. The number of Topliss-reactive ketones (excluding diaryl/α,β-unsaturated/α-hetero) is 1. The molecule has 0 fully saturated rings. The van der Waals surface area contributed by atoms with Gasteiger partial charge >= 0.3 is 0 Å². The van der Waals surface area contributed by atoms with E-state index in [-0.39, 0.29) is 17.6 Å². The standard InChI is InChI=1S/C13H18FNO2/c1-10(9-17-3)15(2)8-13(16)11-4-6-12(14)7-5-11/h4-7,10H,8-9H2,1-3H3. The maximum absolute atomic E-state index is 12.7. The van der Waals surface area contributed by atoms with E-state index in [1.165, 1.54) is 24.3 Å². The zero-order valence-electron chi connectivity index (χ0n) is 10.4. The van der Waals surface area contributed by atoms with E-state index in [1.54, 1.807) is 7.11 Å². The number of ether oxygens (including phenoxy) is 1. The molecular weight excluding hydrogens is 221 g/mol. The van der Waals surface area contributed by atoms with Gasteiger partial charge in [0.15, 0.2) is 5.78 Å². The molecule has 1 aromatic carbocycles. The van der Waals surface area contributed by atoms with Crippen LogP contribution in [-0.2, 0) is 4.74 Å². The molecule has 0 spiro atoms. The predicted octanol–water partition coefficient (Wildman–Crippen LogP) is 1.98. The van der Waals surface area contributed by atoms with E-state index in [2.05, 4.69) is 0 Å². The van der Waals surface area contributed by atoms with Gasteiger partial charge in [0.05, 0.1) is 13.2 Å². The Labute approximate surface area is 101 Å². The number of rotatable bonds is 6. The SMILES string of the molecule is COCC(C)N(C)CC(=O)c1ccc(F)cc1. The lowest BCUT2D eigenvalue weighted by atomic mass is 10.1. The summed E-state index contributed by atoms with van der Waals surface area (Å²) in [6, 6.07) is 5.78.